The monoisotopic (exact) mass is 247 g/mol. The molecule has 0 unspecified atom stereocenters. The van der Waals surface area contributed by atoms with Gasteiger partial charge in [0, 0.05) is 11.8 Å². The van der Waals surface area contributed by atoms with Crippen molar-refractivity contribution in [1.82, 2.24) is 0 Å². The first kappa shape index (κ1) is 11.5. The molecule has 0 saturated heterocycles. The molecule has 0 aliphatic heterocycles. The molecule has 0 saturated carbocycles. The van der Waals surface area contributed by atoms with Crippen LogP contribution in [-0.4, -0.2) is 16.4 Å². The lowest BCUT2D eigenvalue weighted by molar-refractivity contribution is 0.474. The molecular formula is C13H10ClNO2. The molecule has 86 valence electrons. The van der Waals surface area contributed by atoms with Gasteiger partial charge in [0.15, 0.2) is 0 Å². The summed E-state index contributed by atoms with van der Waals surface area (Å²) in [7, 11) is 0. The van der Waals surface area contributed by atoms with Crippen LogP contribution < -0.4 is 0 Å². The Labute approximate surface area is 104 Å². The lowest BCUT2D eigenvalue weighted by Gasteiger charge is -2.01. The van der Waals surface area contributed by atoms with Gasteiger partial charge in [-0.15, -0.1) is 0 Å². The Hall–Kier alpha value is -2.00. The minimum atomic E-state index is -0.0201. The number of rotatable bonds is 2. The van der Waals surface area contributed by atoms with Gasteiger partial charge in [0.2, 0.25) is 0 Å². The number of hydrogen-bond acceptors (Lipinski definition) is 3. The van der Waals surface area contributed by atoms with Crippen LogP contribution >= 0.6 is 11.6 Å². The highest BCUT2D eigenvalue weighted by atomic mass is 35.5. The number of hydrogen-bond donors (Lipinski definition) is 2. The molecule has 3 nitrogen and oxygen atoms in total. The molecule has 2 aromatic carbocycles. The predicted molar refractivity (Wildman–Crippen MR) is 68.5 cm³/mol. The molecule has 0 radical (unpaired) electrons. The van der Waals surface area contributed by atoms with E-state index >= 15 is 0 Å². The van der Waals surface area contributed by atoms with E-state index in [1.165, 1.54) is 6.21 Å². The largest absolute Gasteiger partial charge is 0.506 e. The molecule has 0 heterocycles. The van der Waals surface area contributed by atoms with E-state index in [1.807, 2.05) is 0 Å². The molecule has 2 N–H and O–H groups in total. The first-order valence-electron chi connectivity index (χ1n) is 4.98. The molecule has 0 aromatic heterocycles. The first-order valence-corrected chi connectivity index (χ1v) is 5.36. The van der Waals surface area contributed by atoms with Gasteiger partial charge in [-0.1, -0.05) is 29.8 Å². The number of para-hydroxylation sites is 3. The smallest absolute Gasteiger partial charge is 0.142 e. The van der Waals surface area contributed by atoms with E-state index in [9.17, 15) is 10.2 Å². The summed E-state index contributed by atoms with van der Waals surface area (Å²) in [4.78, 5) is 4.08. The molecular weight excluding hydrogens is 238 g/mol. The van der Waals surface area contributed by atoms with Gasteiger partial charge in [-0.3, -0.25) is 4.99 Å². The summed E-state index contributed by atoms with van der Waals surface area (Å²) in [6.45, 7) is 0. The van der Waals surface area contributed by atoms with Crippen LogP contribution in [0.4, 0.5) is 5.69 Å². The molecule has 2 aromatic rings. The van der Waals surface area contributed by atoms with Gasteiger partial charge in [-0.05, 0) is 24.3 Å². The van der Waals surface area contributed by atoms with Crippen molar-refractivity contribution >= 4 is 23.5 Å². The minimum absolute atomic E-state index is 0.0201. The second-order valence-electron chi connectivity index (χ2n) is 3.42. The number of aromatic hydroxyl groups is 2. The van der Waals surface area contributed by atoms with E-state index in [1.54, 1.807) is 42.5 Å². The van der Waals surface area contributed by atoms with Crippen LogP contribution in [0.2, 0.25) is 5.02 Å². The topological polar surface area (TPSA) is 52.8 Å². The Kier molecular flexibility index (Phi) is 3.30. The van der Waals surface area contributed by atoms with Gasteiger partial charge in [-0.25, -0.2) is 0 Å². The molecule has 4 heteroatoms. The van der Waals surface area contributed by atoms with Crippen molar-refractivity contribution in [3.63, 3.8) is 0 Å². The van der Waals surface area contributed by atoms with Gasteiger partial charge >= 0.3 is 0 Å². The average Bonchev–Trinajstić information content (AvgIpc) is 2.33. The number of nitrogens with zero attached hydrogens (tertiary/aromatic N) is 1. The molecule has 0 spiro atoms. The van der Waals surface area contributed by atoms with Crippen LogP contribution in [0.3, 0.4) is 0 Å². The second kappa shape index (κ2) is 4.89. The first-order chi connectivity index (χ1) is 8.18. The number of phenols is 2. The SMILES string of the molecule is Oc1ccccc1/N=C/c1cccc(Cl)c1O. The zero-order valence-electron chi connectivity index (χ0n) is 8.84. The fourth-order valence-corrected chi connectivity index (χ4v) is 1.53. The fourth-order valence-electron chi connectivity index (χ4n) is 1.35. The standard InChI is InChI=1S/C13H10ClNO2/c14-10-5-3-4-9(13(10)17)8-15-11-6-1-2-7-12(11)16/h1-8,16-17H/b15-8+. The Morgan fingerprint density at radius 2 is 1.76 bits per heavy atom. The van der Waals surface area contributed by atoms with Gasteiger partial charge in [-0.2, -0.15) is 0 Å². The predicted octanol–water partition coefficient (Wildman–Crippen LogP) is 3.50. The third-order valence-electron chi connectivity index (χ3n) is 2.24. The maximum Gasteiger partial charge on any atom is 0.142 e. The minimum Gasteiger partial charge on any atom is -0.506 e. The molecule has 0 aliphatic rings. The highest BCUT2D eigenvalue weighted by Crippen LogP contribution is 2.28. The van der Waals surface area contributed by atoms with Gasteiger partial charge in [0.1, 0.15) is 17.2 Å². The molecule has 0 atom stereocenters. The van der Waals surface area contributed by atoms with E-state index < -0.39 is 0 Å². The van der Waals surface area contributed by atoms with Crippen molar-refractivity contribution in [3.05, 3.63) is 53.1 Å². The van der Waals surface area contributed by atoms with Gasteiger partial charge in [0.05, 0.1) is 5.02 Å². The van der Waals surface area contributed by atoms with Crippen molar-refractivity contribution in [2.24, 2.45) is 4.99 Å². The van der Waals surface area contributed by atoms with Crippen LogP contribution in [0.5, 0.6) is 11.5 Å². The highest BCUT2D eigenvalue weighted by Gasteiger charge is 2.02. The van der Waals surface area contributed by atoms with Crippen LogP contribution in [0, 0.1) is 0 Å². The Morgan fingerprint density at radius 1 is 1.00 bits per heavy atom. The zero-order valence-corrected chi connectivity index (χ0v) is 9.59. The number of halogens is 1. The van der Waals surface area contributed by atoms with Crippen molar-refractivity contribution in [2.75, 3.05) is 0 Å². The lowest BCUT2D eigenvalue weighted by Crippen LogP contribution is -1.82. The summed E-state index contributed by atoms with van der Waals surface area (Å²) >= 11 is 5.77. The number of phenolic OH excluding ortho intramolecular Hbond substituents is 2. The molecule has 17 heavy (non-hydrogen) atoms. The highest BCUT2D eigenvalue weighted by molar-refractivity contribution is 6.32. The number of aliphatic imine (C=N–C) groups is 1. The lowest BCUT2D eigenvalue weighted by atomic mass is 10.2. The summed E-state index contributed by atoms with van der Waals surface area (Å²) in [5.74, 6) is 0.0682. The molecule has 0 aliphatic carbocycles. The van der Waals surface area contributed by atoms with Crippen LogP contribution in [0.1, 0.15) is 5.56 Å². The Morgan fingerprint density at radius 3 is 2.53 bits per heavy atom. The summed E-state index contributed by atoms with van der Waals surface area (Å²) in [5, 5.41) is 19.4. The van der Waals surface area contributed by atoms with Crippen LogP contribution in [0.25, 0.3) is 0 Å². The average molecular weight is 248 g/mol. The quantitative estimate of drug-likeness (QED) is 0.798. The van der Waals surface area contributed by atoms with E-state index in [0.717, 1.165) is 0 Å². The number of benzene rings is 2. The maximum atomic E-state index is 9.66. The van der Waals surface area contributed by atoms with Gasteiger partial charge in [0.25, 0.3) is 0 Å². The summed E-state index contributed by atoms with van der Waals surface area (Å²) < 4.78 is 0. The summed E-state index contributed by atoms with van der Waals surface area (Å²) in [5.41, 5.74) is 0.938. The van der Waals surface area contributed by atoms with E-state index in [-0.39, 0.29) is 16.5 Å². The van der Waals surface area contributed by atoms with Crippen molar-refractivity contribution < 1.29 is 10.2 Å². The van der Waals surface area contributed by atoms with E-state index in [4.69, 9.17) is 11.6 Å². The van der Waals surface area contributed by atoms with Crippen molar-refractivity contribution in [3.8, 4) is 11.5 Å². The Balaban J connectivity index is 2.33. The summed E-state index contributed by atoms with van der Waals surface area (Å²) in [6, 6.07) is 11.7. The normalized spacial score (nSPS) is 10.9. The van der Waals surface area contributed by atoms with Crippen LogP contribution in [0.15, 0.2) is 47.5 Å². The fraction of sp³-hybridized carbons (Fsp3) is 0. The maximum absolute atomic E-state index is 9.66. The molecule has 0 bridgehead atoms. The van der Waals surface area contributed by atoms with Crippen molar-refractivity contribution in [2.45, 2.75) is 0 Å². The molecule has 2 rings (SSSR count). The second-order valence-corrected chi connectivity index (χ2v) is 3.83. The molecule has 0 amide bonds. The van der Waals surface area contributed by atoms with Crippen molar-refractivity contribution in [1.29, 1.82) is 0 Å². The van der Waals surface area contributed by atoms with Crippen LogP contribution in [-0.2, 0) is 0 Å². The third kappa shape index (κ3) is 2.57. The van der Waals surface area contributed by atoms with E-state index in [2.05, 4.69) is 4.99 Å². The molecule has 0 fully saturated rings. The van der Waals surface area contributed by atoms with Gasteiger partial charge < -0.3 is 10.2 Å². The third-order valence-corrected chi connectivity index (χ3v) is 2.55. The Bertz CT molecular complexity index is 567. The van der Waals surface area contributed by atoms with E-state index in [0.29, 0.717) is 11.3 Å². The summed E-state index contributed by atoms with van der Waals surface area (Å²) in [6.07, 6.45) is 1.45. The zero-order chi connectivity index (χ0) is 12.3.